The first kappa shape index (κ1) is 21.2. The van der Waals surface area contributed by atoms with Gasteiger partial charge in [-0.1, -0.05) is 31.5 Å². The van der Waals surface area contributed by atoms with Crippen LogP contribution in [0.15, 0.2) is 29.4 Å². The number of ether oxygens (including phenoxy) is 1. The van der Waals surface area contributed by atoms with Crippen LogP contribution in [-0.2, 0) is 0 Å². The Labute approximate surface area is 176 Å². The van der Waals surface area contributed by atoms with Gasteiger partial charge in [0.2, 0.25) is 0 Å². The number of nitrogens with zero attached hydrogens (tertiary/aromatic N) is 5. The Hall–Kier alpha value is -2.51. The topological polar surface area (TPSA) is 87.5 Å². The van der Waals surface area contributed by atoms with Crippen molar-refractivity contribution in [3.05, 3.63) is 24.3 Å². The van der Waals surface area contributed by atoms with Crippen LogP contribution in [0.3, 0.4) is 0 Å². The molecule has 0 saturated heterocycles. The average Bonchev–Trinajstić information content (AvgIpc) is 3.18. The standard InChI is InChI=1S/C22H27N5OS/c1-16-6-3-4-8-20(16)27-21(18-9-11-19(28-2)12-10-18)25-26-22(27)29-15-17(14-24)7-5-13-23/h9-12,16-17,20H,3-8,15H2,1-2H3/t16-,17+,20+/m1/s1. The van der Waals surface area contributed by atoms with Gasteiger partial charge in [-0.25, -0.2) is 0 Å². The molecular formula is C22H27N5OS. The molecular weight excluding hydrogens is 382 g/mol. The van der Waals surface area contributed by atoms with Crippen LogP contribution < -0.4 is 4.74 Å². The highest BCUT2D eigenvalue weighted by atomic mass is 32.2. The van der Waals surface area contributed by atoms with E-state index in [0.717, 1.165) is 28.7 Å². The van der Waals surface area contributed by atoms with Crippen LogP contribution in [0.1, 0.15) is 51.5 Å². The second-order valence-electron chi connectivity index (χ2n) is 7.57. The van der Waals surface area contributed by atoms with Gasteiger partial charge in [-0.2, -0.15) is 10.5 Å². The van der Waals surface area contributed by atoms with Crippen molar-refractivity contribution in [2.75, 3.05) is 12.9 Å². The number of nitriles is 2. The zero-order valence-corrected chi connectivity index (χ0v) is 17.9. The van der Waals surface area contributed by atoms with E-state index < -0.39 is 0 Å². The van der Waals surface area contributed by atoms with Gasteiger partial charge in [0.1, 0.15) is 5.75 Å². The number of thioether (sulfide) groups is 1. The Morgan fingerprint density at radius 2 is 1.97 bits per heavy atom. The molecule has 0 spiro atoms. The fourth-order valence-corrected chi connectivity index (χ4v) is 4.94. The molecule has 6 nitrogen and oxygen atoms in total. The normalized spacial score (nSPS) is 19.9. The average molecular weight is 410 g/mol. The van der Waals surface area contributed by atoms with Crippen molar-refractivity contribution in [2.45, 2.75) is 56.6 Å². The van der Waals surface area contributed by atoms with Crippen LogP contribution >= 0.6 is 11.8 Å². The summed E-state index contributed by atoms with van der Waals surface area (Å²) in [6.45, 7) is 2.31. The third-order valence-corrected chi connectivity index (χ3v) is 6.72. The Balaban J connectivity index is 1.90. The van der Waals surface area contributed by atoms with Crippen LogP contribution in [0.5, 0.6) is 5.75 Å². The third kappa shape index (κ3) is 5.10. The molecule has 3 rings (SSSR count). The van der Waals surface area contributed by atoms with Gasteiger partial charge in [0.25, 0.3) is 0 Å². The number of hydrogen-bond acceptors (Lipinski definition) is 6. The molecule has 1 aromatic heterocycles. The molecule has 1 fully saturated rings. The first-order valence-electron chi connectivity index (χ1n) is 10.2. The summed E-state index contributed by atoms with van der Waals surface area (Å²) in [6.07, 6.45) is 5.80. The summed E-state index contributed by atoms with van der Waals surface area (Å²) in [5, 5.41) is 28.1. The number of benzene rings is 1. The van der Waals surface area contributed by atoms with Gasteiger partial charge < -0.3 is 4.74 Å². The molecule has 152 valence electrons. The molecule has 0 amide bonds. The van der Waals surface area contributed by atoms with Crippen molar-refractivity contribution in [1.82, 2.24) is 14.8 Å². The van der Waals surface area contributed by atoms with E-state index in [-0.39, 0.29) is 5.92 Å². The summed E-state index contributed by atoms with van der Waals surface area (Å²) in [7, 11) is 1.66. The second-order valence-corrected chi connectivity index (χ2v) is 8.55. The summed E-state index contributed by atoms with van der Waals surface area (Å²) in [5.74, 6) is 2.72. The minimum Gasteiger partial charge on any atom is -0.497 e. The van der Waals surface area contributed by atoms with E-state index in [1.54, 1.807) is 18.9 Å². The third-order valence-electron chi connectivity index (χ3n) is 5.61. The van der Waals surface area contributed by atoms with E-state index in [2.05, 4.69) is 33.8 Å². The highest BCUT2D eigenvalue weighted by Gasteiger charge is 2.29. The zero-order chi connectivity index (χ0) is 20.6. The summed E-state index contributed by atoms with van der Waals surface area (Å²) in [6, 6.07) is 12.7. The highest BCUT2D eigenvalue weighted by Crippen LogP contribution is 2.39. The summed E-state index contributed by atoms with van der Waals surface area (Å²) in [5.41, 5.74) is 1.02. The molecule has 1 aliphatic carbocycles. The second kappa shape index (κ2) is 10.3. The summed E-state index contributed by atoms with van der Waals surface area (Å²) in [4.78, 5) is 0. The van der Waals surface area contributed by atoms with E-state index >= 15 is 0 Å². The minimum absolute atomic E-state index is 0.155. The monoisotopic (exact) mass is 409 g/mol. The highest BCUT2D eigenvalue weighted by molar-refractivity contribution is 7.99. The van der Waals surface area contributed by atoms with E-state index in [1.807, 2.05) is 24.3 Å². The van der Waals surface area contributed by atoms with Gasteiger partial charge in [-0.3, -0.25) is 4.57 Å². The lowest BCUT2D eigenvalue weighted by molar-refractivity contribution is 0.247. The number of hydrogen-bond donors (Lipinski definition) is 0. The first-order valence-corrected chi connectivity index (χ1v) is 11.1. The molecule has 0 unspecified atom stereocenters. The fourth-order valence-electron chi connectivity index (χ4n) is 3.89. The maximum absolute atomic E-state index is 9.40. The zero-order valence-electron chi connectivity index (χ0n) is 17.0. The Kier molecular flexibility index (Phi) is 7.55. The maximum Gasteiger partial charge on any atom is 0.191 e. The molecule has 0 aliphatic heterocycles. The summed E-state index contributed by atoms with van der Waals surface area (Å²) >= 11 is 1.58. The predicted octanol–water partition coefficient (Wildman–Crippen LogP) is 5.24. The molecule has 0 N–H and O–H groups in total. The minimum atomic E-state index is -0.155. The van der Waals surface area contributed by atoms with Crippen molar-refractivity contribution in [2.24, 2.45) is 11.8 Å². The molecule has 2 aromatic rings. The van der Waals surface area contributed by atoms with Crippen molar-refractivity contribution < 1.29 is 4.74 Å². The number of rotatable bonds is 8. The fraction of sp³-hybridized carbons (Fsp3) is 0.545. The van der Waals surface area contributed by atoms with Crippen LogP contribution in [0.25, 0.3) is 11.4 Å². The maximum atomic E-state index is 9.40. The van der Waals surface area contributed by atoms with E-state index in [9.17, 15) is 5.26 Å². The Morgan fingerprint density at radius 1 is 1.21 bits per heavy atom. The van der Waals surface area contributed by atoms with Crippen molar-refractivity contribution in [1.29, 1.82) is 10.5 Å². The van der Waals surface area contributed by atoms with E-state index in [1.165, 1.54) is 19.3 Å². The molecule has 1 aliphatic rings. The van der Waals surface area contributed by atoms with Gasteiger partial charge in [-0.15, -0.1) is 10.2 Å². The molecule has 29 heavy (non-hydrogen) atoms. The van der Waals surface area contributed by atoms with Crippen molar-refractivity contribution >= 4 is 11.8 Å². The van der Waals surface area contributed by atoms with Gasteiger partial charge in [0, 0.05) is 23.8 Å². The lowest BCUT2D eigenvalue weighted by Gasteiger charge is -2.31. The smallest absolute Gasteiger partial charge is 0.191 e. The lowest BCUT2D eigenvalue weighted by atomic mass is 9.85. The molecule has 1 aromatic carbocycles. The molecule has 3 atom stereocenters. The lowest BCUT2D eigenvalue weighted by Crippen LogP contribution is -2.22. The Bertz CT molecular complexity index is 880. The quantitative estimate of drug-likeness (QED) is 0.554. The van der Waals surface area contributed by atoms with Crippen LogP contribution in [0.2, 0.25) is 0 Å². The van der Waals surface area contributed by atoms with Crippen molar-refractivity contribution in [3.63, 3.8) is 0 Å². The molecule has 1 saturated carbocycles. The van der Waals surface area contributed by atoms with Crippen LogP contribution in [0.4, 0.5) is 0 Å². The Morgan fingerprint density at radius 3 is 2.62 bits per heavy atom. The first-order chi connectivity index (χ1) is 14.2. The van der Waals surface area contributed by atoms with Gasteiger partial charge in [0.05, 0.1) is 25.2 Å². The van der Waals surface area contributed by atoms with Gasteiger partial charge >= 0.3 is 0 Å². The number of aromatic nitrogens is 3. The van der Waals surface area contributed by atoms with Crippen LogP contribution in [-0.4, -0.2) is 27.6 Å². The predicted molar refractivity (Wildman–Crippen MR) is 113 cm³/mol. The van der Waals surface area contributed by atoms with Gasteiger partial charge in [0.15, 0.2) is 11.0 Å². The molecule has 7 heteroatoms. The molecule has 1 heterocycles. The number of methoxy groups -OCH3 is 1. The van der Waals surface area contributed by atoms with E-state index in [0.29, 0.717) is 30.6 Å². The molecule has 0 radical (unpaired) electrons. The molecule has 0 bridgehead atoms. The van der Waals surface area contributed by atoms with Crippen molar-refractivity contribution in [3.8, 4) is 29.3 Å². The largest absolute Gasteiger partial charge is 0.497 e. The van der Waals surface area contributed by atoms with Gasteiger partial charge in [-0.05, 0) is 49.4 Å². The van der Waals surface area contributed by atoms with E-state index in [4.69, 9.17) is 10.00 Å². The SMILES string of the molecule is COc1ccc(-c2nnc(SC[C@H](C#N)CCC#N)n2[C@H]2CCCC[C@H]2C)cc1. The van der Waals surface area contributed by atoms with Crippen LogP contribution in [0, 0.1) is 34.5 Å². The summed E-state index contributed by atoms with van der Waals surface area (Å²) < 4.78 is 7.57.